The number of hydrazine groups is 1. The van der Waals surface area contributed by atoms with Crippen LogP contribution in [0.3, 0.4) is 0 Å². The summed E-state index contributed by atoms with van der Waals surface area (Å²) in [7, 11) is 0. The van der Waals surface area contributed by atoms with Crippen LogP contribution in [0.1, 0.15) is 38.7 Å². The van der Waals surface area contributed by atoms with Gasteiger partial charge in [0.15, 0.2) is 0 Å². The van der Waals surface area contributed by atoms with Crippen molar-refractivity contribution in [1.82, 2.24) is 9.97 Å². The molecule has 2 rings (SSSR count). The first-order valence-corrected chi connectivity index (χ1v) is 6.79. The number of nitrogens with zero attached hydrogens (tertiary/aromatic N) is 2. The maximum atomic E-state index is 5.52. The lowest BCUT2D eigenvalue weighted by atomic mass is 9.99. The van der Waals surface area contributed by atoms with Crippen LogP contribution < -0.4 is 16.6 Å². The molecular formula is C13H23N5O. The Morgan fingerprint density at radius 3 is 2.63 bits per heavy atom. The Hall–Kier alpha value is -1.40. The summed E-state index contributed by atoms with van der Waals surface area (Å²) >= 11 is 0. The number of aromatic nitrogens is 2. The van der Waals surface area contributed by atoms with Crippen LogP contribution >= 0.6 is 0 Å². The van der Waals surface area contributed by atoms with Crippen molar-refractivity contribution in [2.24, 2.45) is 11.8 Å². The summed E-state index contributed by atoms with van der Waals surface area (Å²) in [5.41, 5.74) is 3.67. The molecule has 0 radical (unpaired) electrons. The van der Waals surface area contributed by atoms with Crippen LogP contribution in [-0.4, -0.2) is 29.2 Å². The molecule has 19 heavy (non-hydrogen) atoms. The molecule has 2 heterocycles. The Kier molecular flexibility index (Phi) is 4.55. The normalized spacial score (nSPS) is 20.6. The van der Waals surface area contributed by atoms with Crippen LogP contribution in [0.15, 0.2) is 6.33 Å². The summed E-state index contributed by atoms with van der Waals surface area (Å²) in [4.78, 5) is 8.53. The summed E-state index contributed by atoms with van der Waals surface area (Å²) < 4.78 is 5.43. The molecule has 6 heteroatoms. The largest absolute Gasteiger partial charge is 0.381 e. The average molecular weight is 265 g/mol. The van der Waals surface area contributed by atoms with E-state index in [1.807, 2.05) is 0 Å². The number of rotatable bonds is 5. The zero-order valence-electron chi connectivity index (χ0n) is 11.8. The number of hydrogen-bond acceptors (Lipinski definition) is 6. The molecule has 0 saturated carbocycles. The molecular weight excluding hydrogens is 242 g/mol. The molecule has 0 aromatic carbocycles. The number of ether oxygens (including phenoxy) is 1. The van der Waals surface area contributed by atoms with Gasteiger partial charge in [0.05, 0.1) is 6.61 Å². The van der Waals surface area contributed by atoms with Gasteiger partial charge in [-0.05, 0) is 19.3 Å². The predicted octanol–water partition coefficient (Wildman–Crippen LogP) is 1.72. The fraction of sp³-hybridized carbons (Fsp3) is 0.692. The summed E-state index contributed by atoms with van der Waals surface area (Å²) in [6, 6.07) is 0.320. The van der Waals surface area contributed by atoms with Gasteiger partial charge in [-0.1, -0.05) is 13.8 Å². The Morgan fingerprint density at radius 1 is 1.32 bits per heavy atom. The van der Waals surface area contributed by atoms with Crippen molar-refractivity contribution in [2.45, 2.75) is 39.2 Å². The molecule has 1 aliphatic heterocycles. The second-order valence-electron chi connectivity index (χ2n) is 5.34. The van der Waals surface area contributed by atoms with Gasteiger partial charge in [0, 0.05) is 24.1 Å². The van der Waals surface area contributed by atoms with Gasteiger partial charge in [-0.3, -0.25) is 0 Å². The maximum absolute atomic E-state index is 5.52. The van der Waals surface area contributed by atoms with E-state index in [1.54, 1.807) is 0 Å². The van der Waals surface area contributed by atoms with Gasteiger partial charge in [0.1, 0.15) is 18.0 Å². The van der Waals surface area contributed by atoms with E-state index in [1.165, 1.54) is 6.33 Å². The third-order valence-corrected chi connectivity index (χ3v) is 3.63. The van der Waals surface area contributed by atoms with Gasteiger partial charge in [0.2, 0.25) is 0 Å². The zero-order chi connectivity index (χ0) is 13.8. The van der Waals surface area contributed by atoms with E-state index in [0.29, 0.717) is 23.7 Å². The molecule has 2 atom stereocenters. The number of anilines is 2. The Balaban J connectivity index is 2.18. The minimum absolute atomic E-state index is 0.293. The van der Waals surface area contributed by atoms with E-state index >= 15 is 0 Å². The van der Waals surface area contributed by atoms with Crippen molar-refractivity contribution < 1.29 is 4.74 Å². The molecule has 6 nitrogen and oxygen atoms in total. The van der Waals surface area contributed by atoms with Crippen molar-refractivity contribution in [1.29, 1.82) is 0 Å². The van der Waals surface area contributed by atoms with Gasteiger partial charge in [-0.25, -0.2) is 15.8 Å². The highest BCUT2D eigenvalue weighted by Crippen LogP contribution is 2.29. The monoisotopic (exact) mass is 265 g/mol. The molecule has 1 aromatic rings. The molecule has 2 unspecified atom stereocenters. The Morgan fingerprint density at radius 2 is 2.05 bits per heavy atom. The van der Waals surface area contributed by atoms with Crippen LogP contribution in [0.2, 0.25) is 0 Å². The van der Waals surface area contributed by atoms with Crippen LogP contribution in [0.4, 0.5) is 11.6 Å². The molecule has 106 valence electrons. The van der Waals surface area contributed by atoms with E-state index in [2.05, 4.69) is 41.5 Å². The Bertz CT molecular complexity index is 417. The fourth-order valence-corrected chi connectivity index (χ4v) is 2.45. The van der Waals surface area contributed by atoms with Crippen molar-refractivity contribution in [3.8, 4) is 0 Å². The summed E-state index contributed by atoms with van der Waals surface area (Å²) in [6.07, 6.45) is 2.62. The number of nitrogen functional groups attached to an aromatic ring is 1. The van der Waals surface area contributed by atoms with Gasteiger partial charge < -0.3 is 15.5 Å². The van der Waals surface area contributed by atoms with E-state index in [4.69, 9.17) is 10.6 Å². The number of nitrogens with one attached hydrogen (secondary N) is 2. The van der Waals surface area contributed by atoms with E-state index in [9.17, 15) is 0 Å². The minimum Gasteiger partial charge on any atom is -0.381 e. The van der Waals surface area contributed by atoms with Gasteiger partial charge in [-0.2, -0.15) is 0 Å². The van der Waals surface area contributed by atoms with Gasteiger partial charge in [0.25, 0.3) is 0 Å². The second kappa shape index (κ2) is 6.16. The predicted molar refractivity (Wildman–Crippen MR) is 75.9 cm³/mol. The molecule has 0 spiro atoms. The quantitative estimate of drug-likeness (QED) is 0.555. The first-order chi connectivity index (χ1) is 9.13. The maximum Gasteiger partial charge on any atom is 0.148 e. The van der Waals surface area contributed by atoms with Crippen molar-refractivity contribution in [3.63, 3.8) is 0 Å². The van der Waals surface area contributed by atoms with Crippen LogP contribution in [-0.2, 0) is 4.74 Å². The highest BCUT2D eigenvalue weighted by Gasteiger charge is 2.24. The molecule has 0 amide bonds. The third-order valence-electron chi connectivity index (χ3n) is 3.63. The van der Waals surface area contributed by atoms with E-state index in [-0.39, 0.29) is 0 Å². The zero-order valence-corrected chi connectivity index (χ0v) is 11.8. The van der Waals surface area contributed by atoms with Crippen molar-refractivity contribution in [2.75, 3.05) is 24.0 Å². The van der Waals surface area contributed by atoms with Gasteiger partial charge in [-0.15, -0.1) is 0 Å². The summed E-state index contributed by atoms with van der Waals surface area (Å²) in [5, 5.41) is 3.48. The minimum atomic E-state index is 0.293. The molecule has 1 fully saturated rings. The van der Waals surface area contributed by atoms with Gasteiger partial charge >= 0.3 is 0 Å². The highest BCUT2D eigenvalue weighted by molar-refractivity contribution is 5.58. The van der Waals surface area contributed by atoms with Crippen LogP contribution in [0, 0.1) is 5.92 Å². The molecule has 1 saturated heterocycles. The van der Waals surface area contributed by atoms with E-state index in [0.717, 1.165) is 31.0 Å². The van der Waals surface area contributed by atoms with Crippen LogP contribution in [0.25, 0.3) is 0 Å². The van der Waals surface area contributed by atoms with E-state index < -0.39 is 0 Å². The molecule has 1 aliphatic rings. The Labute approximate surface area is 114 Å². The lowest BCUT2D eigenvalue weighted by molar-refractivity contribution is 0.183. The topological polar surface area (TPSA) is 85.1 Å². The molecule has 0 bridgehead atoms. The standard InChI is InChI=1S/C13H23N5O/c1-8(2)11-12(15-7-16-13(11)18-14)17-9(3)10-4-5-19-6-10/h7-10H,4-6,14H2,1-3H3,(H2,15,16,17,18). The highest BCUT2D eigenvalue weighted by atomic mass is 16.5. The van der Waals surface area contributed by atoms with Crippen LogP contribution in [0.5, 0.6) is 0 Å². The second-order valence-corrected chi connectivity index (χ2v) is 5.34. The summed E-state index contributed by atoms with van der Waals surface area (Å²) in [6.45, 7) is 8.05. The first kappa shape index (κ1) is 14.0. The number of hydrogen-bond donors (Lipinski definition) is 3. The molecule has 1 aromatic heterocycles. The SMILES string of the molecule is CC(C)c1c(NN)ncnc1NC(C)C1CCOC1. The average Bonchev–Trinajstić information content (AvgIpc) is 2.92. The first-order valence-electron chi connectivity index (χ1n) is 6.79. The van der Waals surface area contributed by atoms with Crippen molar-refractivity contribution >= 4 is 11.6 Å². The smallest absolute Gasteiger partial charge is 0.148 e. The molecule has 4 N–H and O–H groups in total. The lowest BCUT2D eigenvalue weighted by Gasteiger charge is -2.23. The lowest BCUT2D eigenvalue weighted by Crippen LogP contribution is -2.28. The molecule has 0 aliphatic carbocycles. The third kappa shape index (κ3) is 3.13. The fourth-order valence-electron chi connectivity index (χ4n) is 2.45. The van der Waals surface area contributed by atoms with Crippen molar-refractivity contribution in [3.05, 3.63) is 11.9 Å². The number of nitrogens with two attached hydrogens (primary N) is 1. The summed E-state index contributed by atoms with van der Waals surface area (Å²) in [5.74, 6) is 7.89.